The van der Waals surface area contributed by atoms with Crippen LogP contribution in [-0.2, 0) is 0 Å². The quantitative estimate of drug-likeness (QED) is 0.768. The van der Waals surface area contributed by atoms with Crippen molar-refractivity contribution in [3.05, 3.63) is 0 Å². The summed E-state index contributed by atoms with van der Waals surface area (Å²) < 4.78 is 0. The molecule has 2 heteroatoms. The van der Waals surface area contributed by atoms with Crippen LogP contribution < -0.4 is 5.32 Å². The van der Waals surface area contributed by atoms with Crippen molar-refractivity contribution in [3.63, 3.8) is 0 Å². The number of hydrogen-bond acceptors (Lipinski definition) is 2. The first-order chi connectivity index (χ1) is 7.25. The van der Waals surface area contributed by atoms with Crippen molar-refractivity contribution in [2.24, 2.45) is 5.92 Å². The van der Waals surface area contributed by atoms with Gasteiger partial charge in [-0.25, -0.2) is 0 Å². The van der Waals surface area contributed by atoms with Gasteiger partial charge < -0.3 is 10.2 Å². The highest BCUT2D eigenvalue weighted by atomic mass is 15.2. The summed E-state index contributed by atoms with van der Waals surface area (Å²) in [5, 5.41) is 3.66. The third-order valence-corrected chi connectivity index (χ3v) is 4.12. The van der Waals surface area contributed by atoms with Crippen molar-refractivity contribution < 1.29 is 0 Å². The average Bonchev–Trinajstić information content (AvgIpc) is 2.66. The lowest BCUT2D eigenvalue weighted by atomic mass is 9.98. The van der Waals surface area contributed by atoms with Crippen molar-refractivity contribution in [2.45, 2.75) is 58.0 Å². The summed E-state index contributed by atoms with van der Waals surface area (Å²) in [6.45, 7) is 8.69. The van der Waals surface area contributed by atoms with E-state index in [0.717, 1.165) is 18.0 Å². The molecule has 2 aliphatic heterocycles. The number of nitrogens with one attached hydrogen (secondary N) is 1. The Kier molecular flexibility index (Phi) is 4.04. The predicted octanol–water partition coefficient (Wildman–Crippen LogP) is 2.25. The van der Waals surface area contributed by atoms with Gasteiger partial charge in [0.25, 0.3) is 0 Å². The zero-order valence-corrected chi connectivity index (χ0v) is 10.3. The summed E-state index contributed by atoms with van der Waals surface area (Å²) in [4.78, 5) is 2.68. The molecule has 2 aliphatic rings. The maximum absolute atomic E-state index is 3.66. The van der Waals surface area contributed by atoms with E-state index in [0.29, 0.717) is 0 Å². The zero-order chi connectivity index (χ0) is 10.7. The lowest BCUT2D eigenvalue weighted by Gasteiger charge is -2.31. The normalized spacial score (nSPS) is 35.6. The van der Waals surface area contributed by atoms with E-state index in [1.807, 2.05) is 0 Å². The van der Waals surface area contributed by atoms with Crippen LogP contribution in [0.2, 0.25) is 0 Å². The summed E-state index contributed by atoms with van der Waals surface area (Å²) in [5.74, 6) is 0.923. The maximum Gasteiger partial charge on any atom is 0.00818 e. The van der Waals surface area contributed by atoms with E-state index >= 15 is 0 Å². The molecule has 1 N–H and O–H groups in total. The average molecular weight is 210 g/mol. The fourth-order valence-corrected chi connectivity index (χ4v) is 3.06. The topological polar surface area (TPSA) is 15.3 Å². The lowest BCUT2D eigenvalue weighted by molar-refractivity contribution is 0.211. The van der Waals surface area contributed by atoms with Gasteiger partial charge in [-0.2, -0.15) is 0 Å². The van der Waals surface area contributed by atoms with Crippen LogP contribution in [0, 0.1) is 5.92 Å². The molecule has 2 fully saturated rings. The van der Waals surface area contributed by atoms with Gasteiger partial charge in [0, 0.05) is 18.6 Å². The molecular weight excluding hydrogens is 184 g/mol. The minimum Gasteiger partial charge on any atom is -0.314 e. The van der Waals surface area contributed by atoms with E-state index in [1.54, 1.807) is 0 Å². The third-order valence-electron chi connectivity index (χ3n) is 4.12. The minimum atomic E-state index is 0.783. The molecule has 2 rings (SSSR count). The molecule has 3 unspecified atom stereocenters. The molecule has 2 heterocycles. The Hall–Kier alpha value is -0.0800. The molecule has 0 aromatic rings. The Balaban J connectivity index is 1.73. The number of hydrogen-bond donors (Lipinski definition) is 1. The third kappa shape index (κ3) is 3.18. The molecule has 0 aromatic carbocycles. The van der Waals surface area contributed by atoms with Crippen LogP contribution >= 0.6 is 0 Å². The van der Waals surface area contributed by atoms with E-state index in [1.165, 1.54) is 51.7 Å². The monoisotopic (exact) mass is 210 g/mol. The smallest absolute Gasteiger partial charge is 0.00818 e. The van der Waals surface area contributed by atoms with Crippen LogP contribution in [0.15, 0.2) is 0 Å². The zero-order valence-electron chi connectivity index (χ0n) is 10.3. The lowest BCUT2D eigenvalue weighted by Crippen LogP contribution is -2.41. The van der Waals surface area contributed by atoms with Crippen molar-refractivity contribution in [1.29, 1.82) is 0 Å². The molecule has 0 aliphatic carbocycles. The van der Waals surface area contributed by atoms with Crippen molar-refractivity contribution >= 4 is 0 Å². The van der Waals surface area contributed by atoms with Gasteiger partial charge in [-0.15, -0.1) is 0 Å². The van der Waals surface area contributed by atoms with Crippen LogP contribution in [0.3, 0.4) is 0 Å². The van der Waals surface area contributed by atoms with E-state index in [2.05, 4.69) is 24.1 Å². The highest BCUT2D eigenvalue weighted by Crippen LogP contribution is 2.21. The maximum atomic E-state index is 3.66. The summed E-state index contributed by atoms with van der Waals surface area (Å²) in [7, 11) is 0. The summed E-state index contributed by atoms with van der Waals surface area (Å²) in [6, 6.07) is 1.58. The Morgan fingerprint density at radius 1 is 1.33 bits per heavy atom. The predicted molar refractivity (Wildman–Crippen MR) is 65.1 cm³/mol. The molecule has 2 nitrogen and oxygen atoms in total. The van der Waals surface area contributed by atoms with Gasteiger partial charge in [-0.1, -0.05) is 13.3 Å². The fourth-order valence-electron chi connectivity index (χ4n) is 3.06. The first kappa shape index (κ1) is 11.4. The molecule has 88 valence electrons. The van der Waals surface area contributed by atoms with E-state index in [9.17, 15) is 0 Å². The summed E-state index contributed by atoms with van der Waals surface area (Å²) in [5.41, 5.74) is 0. The molecule has 0 saturated carbocycles. The van der Waals surface area contributed by atoms with Crippen LogP contribution in [0.5, 0.6) is 0 Å². The Labute approximate surface area is 94.4 Å². The Bertz CT molecular complexity index is 187. The molecule has 0 aromatic heterocycles. The van der Waals surface area contributed by atoms with Gasteiger partial charge in [-0.05, 0) is 51.6 Å². The highest BCUT2D eigenvalue weighted by Gasteiger charge is 2.25. The number of likely N-dealkylation sites (tertiary alicyclic amines) is 1. The first-order valence-corrected chi connectivity index (χ1v) is 6.73. The van der Waals surface area contributed by atoms with Crippen LogP contribution in [-0.4, -0.2) is 36.6 Å². The SMILES string of the molecule is CC1CCN(C(C)CC2CCCCN2)C1. The first-order valence-electron chi connectivity index (χ1n) is 6.73. The van der Waals surface area contributed by atoms with E-state index in [4.69, 9.17) is 0 Å². The molecule has 0 amide bonds. The van der Waals surface area contributed by atoms with Crippen LogP contribution in [0.25, 0.3) is 0 Å². The molecule has 15 heavy (non-hydrogen) atoms. The second-order valence-corrected chi connectivity index (χ2v) is 5.62. The largest absolute Gasteiger partial charge is 0.314 e. The molecule has 3 atom stereocenters. The van der Waals surface area contributed by atoms with Crippen molar-refractivity contribution in [1.82, 2.24) is 10.2 Å². The Morgan fingerprint density at radius 3 is 2.80 bits per heavy atom. The minimum absolute atomic E-state index is 0.783. The second kappa shape index (κ2) is 5.31. The van der Waals surface area contributed by atoms with Crippen LogP contribution in [0.4, 0.5) is 0 Å². The standard InChI is InChI=1S/C13H26N2/c1-11-6-8-15(10-11)12(2)9-13-5-3-4-7-14-13/h11-14H,3-10H2,1-2H3. The van der Waals surface area contributed by atoms with Gasteiger partial charge in [0.15, 0.2) is 0 Å². The molecule has 0 radical (unpaired) electrons. The number of nitrogens with zero attached hydrogens (tertiary/aromatic N) is 1. The van der Waals surface area contributed by atoms with Gasteiger partial charge >= 0.3 is 0 Å². The fraction of sp³-hybridized carbons (Fsp3) is 1.00. The second-order valence-electron chi connectivity index (χ2n) is 5.62. The Morgan fingerprint density at radius 2 is 2.20 bits per heavy atom. The number of rotatable bonds is 3. The molecule has 2 saturated heterocycles. The van der Waals surface area contributed by atoms with Crippen molar-refractivity contribution in [3.8, 4) is 0 Å². The van der Waals surface area contributed by atoms with E-state index < -0.39 is 0 Å². The van der Waals surface area contributed by atoms with E-state index in [-0.39, 0.29) is 0 Å². The molecular formula is C13H26N2. The number of piperidine rings is 1. The van der Waals surface area contributed by atoms with Crippen molar-refractivity contribution in [2.75, 3.05) is 19.6 Å². The molecule has 0 bridgehead atoms. The van der Waals surface area contributed by atoms with Gasteiger partial charge in [0.1, 0.15) is 0 Å². The highest BCUT2D eigenvalue weighted by molar-refractivity contribution is 4.82. The van der Waals surface area contributed by atoms with Gasteiger partial charge in [0.2, 0.25) is 0 Å². The summed E-state index contributed by atoms with van der Waals surface area (Å²) in [6.07, 6.45) is 6.97. The summed E-state index contributed by atoms with van der Waals surface area (Å²) >= 11 is 0. The van der Waals surface area contributed by atoms with Gasteiger partial charge in [-0.3, -0.25) is 0 Å². The van der Waals surface area contributed by atoms with Gasteiger partial charge in [0.05, 0.1) is 0 Å². The molecule has 0 spiro atoms. The van der Waals surface area contributed by atoms with Crippen LogP contribution in [0.1, 0.15) is 46.0 Å².